The van der Waals surface area contributed by atoms with Gasteiger partial charge in [-0.2, -0.15) is 0 Å². The van der Waals surface area contributed by atoms with Crippen molar-refractivity contribution in [1.29, 1.82) is 0 Å². The van der Waals surface area contributed by atoms with Gasteiger partial charge in [-0.3, -0.25) is 0 Å². The molecule has 1 N–H and O–H groups in total. The number of rotatable bonds is 7. The fraction of sp³-hybridized carbons (Fsp3) is 0.294. The third-order valence-corrected chi connectivity index (χ3v) is 3.23. The average Bonchev–Trinajstić information content (AvgIpc) is 2.50. The molecular formula is C17H19F2NO. The number of hydrogen-bond donors (Lipinski definition) is 1. The first kappa shape index (κ1) is 15.6. The topological polar surface area (TPSA) is 21.3 Å². The summed E-state index contributed by atoms with van der Waals surface area (Å²) in [5, 5.41) is 3.14. The van der Waals surface area contributed by atoms with E-state index in [-0.39, 0.29) is 18.2 Å². The van der Waals surface area contributed by atoms with Crippen molar-refractivity contribution in [1.82, 2.24) is 5.32 Å². The van der Waals surface area contributed by atoms with Crippen LogP contribution in [0.15, 0.2) is 48.5 Å². The lowest BCUT2D eigenvalue weighted by Gasteiger charge is -2.19. The molecule has 1 atom stereocenters. The van der Waals surface area contributed by atoms with Gasteiger partial charge in [-0.1, -0.05) is 43.3 Å². The molecule has 0 saturated carbocycles. The molecule has 4 heteroatoms. The third-order valence-electron chi connectivity index (χ3n) is 3.23. The number of nitrogens with one attached hydrogen (secondary N) is 1. The quantitative estimate of drug-likeness (QED) is 0.837. The Bertz CT molecular complexity index is 574. The van der Waals surface area contributed by atoms with Crippen molar-refractivity contribution < 1.29 is 13.5 Å². The van der Waals surface area contributed by atoms with Crippen molar-refractivity contribution in [2.24, 2.45) is 0 Å². The van der Waals surface area contributed by atoms with Gasteiger partial charge < -0.3 is 10.1 Å². The number of ether oxygens (including phenoxy) is 1. The lowest BCUT2D eigenvalue weighted by Crippen LogP contribution is -2.24. The summed E-state index contributed by atoms with van der Waals surface area (Å²) in [4.78, 5) is 0. The fourth-order valence-electron chi connectivity index (χ4n) is 2.08. The molecule has 0 aliphatic rings. The molecule has 2 aromatic carbocycles. The van der Waals surface area contributed by atoms with Crippen LogP contribution < -0.4 is 5.32 Å². The first-order valence-electron chi connectivity index (χ1n) is 7.02. The lowest BCUT2D eigenvalue weighted by molar-refractivity contribution is 0.0363. The standard InChI is InChI=1S/C17H19F2NO/c1-2-20-11-17(14-8-4-6-10-16(14)19)21-12-13-7-3-5-9-15(13)18/h3-10,17,20H,2,11-12H2,1H3. The fourth-order valence-corrected chi connectivity index (χ4v) is 2.08. The molecule has 0 aliphatic heterocycles. The molecule has 0 saturated heterocycles. The van der Waals surface area contributed by atoms with Crippen LogP contribution in [0.3, 0.4) is 0 Å². The van der Waals surface area contributed by atoms with Crippen LogP contribution in [-0.4, -0.2) is 13.1 Å². The number of hydrogen-bond acceptors (Lipinski definition) is 2. The minimum atomic E-state index is -0.453. The number of halogens is 2. The van der Waals surface area contributed by atoms with E-state index in [0.29, 0.717) is 17.7 Å². The first-order valence-corrected chi connectivity index (χ1v) is 7.02. The maximum Gasteiger partial charge on any atom is 0.129 e. The Hall–Kier alpha value is -1.78. The average molecular weight is 291 g/mol. The SMILES string of the molecule is CCNCC(OCc1ccccc1F)c1ccccc1F. The van der Waals surface area contributed by atoms with Gasteiger partial charge in [0, 0.05) is 17.7 Å². The normalized spacial score (nSPS) is 12.3. The van der Waals surface area contributed by atoms with Gasteiger partial charge in [0.2, 0.25) is 0 Å². The van der Waals surface area contributed by atoms with Crippen LogP contribution in [0.25, 0.3) is 0 Å². The van der Waals surface area contributed by atoms with E-state index in [1.807, 2.05) is 6.92 Å². The van der Waals surface area contributed by atoms with Crippen LogP contribution in [-0.2, 0) is 11.3 Å². The molecule has 21 heavy (non-hydrogen) atoms. The van der Waals surface area contributed by atoms with Gasteiger partial charge in [-0.15, -0.1) is 0 Å². The van der Waals surface area contributed by atoms with E-state index < -0.39 is 6.10 Å². The number of likely N-dealkylation sites (N-methyl/N-ethyl adjacent to an activating group) is 1. The van der Waals surface area contributed by atoms with E-state index in [2.05, 4.69) is 5.32 Å². The zero-order valence-electron chi connectivity index (χ0n) is 12.0. The molecule has 0 fully saturated rings. The predicted molar refractivity (Wildman–Crippen MR) is 78.9 cm³/mol. The molecule has 0 spiro atoms. The molecule has 0 aliphatic carbocycles. The van der Waals surface area contributed by atoms with E-state index in [1.54, 1.807) is 36.4 Å². The highest BCUT2D eigenvalue weighted by molar-refractivity contribution is 5.21. The van der Waals surface area contributed by atoms with Gasteiger partial charge in [-0.05, 0) is 18.7 Å². The van der Waals surface area contributed by atoms with Crippen molar-refractivity contribution >= 4 is 0 Å². The highest BCUT2D eigenvalue weighted by atomic mass is 19.1. The molecule has 0 radical (unpaired) electrons. The second-order valence-electron chi connectivity index (χ2n) is 4.72. The molecule has 0 amide bonds. The monoisotopic (exact) mass is 291 g/mol. The summed E-state index contributed by atoms with van der Waals surface area (Å²) in [5.74, 6) is -0.623. The lowest BCUT2D eigenvalue weighted by atomic mass is 10.1. The Morgan fingerprint density at radius 2 is 1.67 bits per heavy atom. The maximum absolute atomic E-state index is 13.9. The van der Waals surface area contributed by atoms with Gasteiger partial charge in [-0.25, -0.2) is 8.78 Å². The summed E-state index contributed by atoms with van der Waals surface area (Å²) in [6.07, 6.45) is -0.453. The Morgan fingerprint density at radius 3 is 2.33 bits per heavy atom. The van der Waals surface area contributed by atoms with Crippen molar-refractivity contribution in [3.8, 4) is 0 Å². The molecular weight excluding hydrogens is 272 g/mol. The van der Waals surface area contributed by atoms with Crippen LogP contribution in [0.4, 0.5) is 8.78 Å². The maximum atomic E-state index is 13.9. The minimum Gasteiger partial charge on any atom is -0.367 e. The second-order valence-corrected chi connectivity index (χ2v) is 4.72. The smallest absolute Gasteiger partial charge is 0.129 e. The molecule has 0 heterocycles. The molecule has 2 nitrogen and oxygen atoms in total. The van der Waals surface area contributed by atoms with Crippen LogP contribution in [0, 0.1) is 11.6 Å². The molecule has 112 valence electrons. The van der Waals surface area contributed by atoms with Crippen molar-refractivity contribution in [2.75, 3.05) is 13.1 Å². The Morgan fingerprint density at radius 1 is 1.00 bits per heavy atom. The van der Waals surface area contributed by atoms with Crippen molar-refractivity contribution in [2.45, 2.75) is 19.6 Å². The highest BCUT2D eigenvalue weighted by Crippen LogP contribution is 2.22. The van der Waals surface area contributed by atoms with Crippen LogP contribution in [0.1, 0.15) is 24.2 Å². The third kappa shape index (κ3) is 4.34. The molecule has 0 aromatic heterocycles. The predicted octanol–water partition coefficient (Wildman–Crippen LogP) is 3.83. The van der Waals surface area contributed by atoms with E-state index in [4.69, 9.17) is 4.74 Å². The zero-order chi connectivity index (χ0) is 15.1. The molecule has 1 unspecified atom stereocenters. The van der Waals surface area contributed by atoms with E-state index in [1.165, 1.54) is 12.1 Å². The van der Waals surface area contributed by atoms with E-state index >= 15 is 0 Å². The van der Waals surface area contributed by atoms with Crippen LogP contribution in [0.2, 0.25) is 0 Å². The van der Waals surface area contributed by atoms with Crippen LogP contribution in [0.5, 0.6) is 0 Å². The van der Waals surface area contributed by atoms with Crippen LogP contribution >= 0.6 is 0 Å². The Balaban J connectivity index is 2.10. The van der Waals surface area contributed by atoms with Gasteiger partial charge in [0.25, 0.3) is 0 Å². The summed E-state index contributed by atoms with van der Waals surface area (Å²) in [6, 6.07) is 12.9. The van der Waals surface area contributed by atoms with Gasteiger partial charge in [0.05, 0.1) is 12.7 Å². The highest BCUT2D eigenvalue weighted by Gasteiger charge is 2.16. The minimum absolute atomic E-state index is 0.108. The summed E-state index contributed by atoms with van der Waals surface area (Å²) < 4.78 is 33.2. The Kier molecular flexibility index (Phi) is 5.84. The number of benzene rings is 2. The molecule has 0 bridgehead atoms. The largest absolute Gasteiger partial charge is 0.367 e. The summed E-state index contributed by atoms with van der Waals surface area (Å²) in [5.41, 5.74) is 0.949. The Labute approximate surface area is 123 Å². The van der Waals surface area contributed by atoms with Crippen molar-refractivity contribution in [3.05, 3.63) is 71.3 Å². The second kappa shape index (κ2) is 7.86. The van der Waals surface area contributed by atoms with E-state index in [0.717, 1.165) is 6.54 Å². The zero-order valence-corrected chi connectivity index (χ0v) is 12.0. The van der Waals surface area contributed by atoms with Gasteiger partial charge in [0.1, 0.15) is 11.6 Å². The summed E-state index contributed by atoms with van der Waals surface area (Å²) in [7, 11) is 0. The summed E-state index contributed by atoms with van der Waals surface area (Å²) >= 11 is 0. The van der Waals surface area contributed by atoms with Gasteiger partial charge >= 0.3 is 0 Å². The first-order chi connectivity index (χ1) is 10.2. The molecule has 2 rings (SSSR count). The van der Waals surface area contributed by atoms with Gasteiger partial charge in [0.15, 0.2) is 0 Å². The van der Waals surface area contributed by atoms with Crippen molar-refractivity contribution in [3.63, 3.8) is 0 Å². The van der Waals surface area contributed by atoms with E-state index in [9.17, 15) is 8.78 Å². The summed E-state index contributed by atoms with van der Waals surface area (Å²) in [6.45, 7) is 3.31. The molecule has 2 aromatic rings.